The minimum atomic E-state index is 0.439. The summed E-state index contributed by atoms with van der Waals surface area (Å²) in [6.45, 7) is 2.10. The number of aryl methyl sites for hydroxylation is 1. The molecule has 0 spiro atoms. The fraction of sp³-hybridized carbons (Fsp3) is 0.545. The van der Waals surface area contributed by atoms with E-state index in [0.717, 1.165) is 23.6 Å². The van der Waals surface area contributed by atoms with E-state index in [0.29, 0.717) is 6.10 Å². The van der Waals surface area contributed by atoms with Crippen molar-refractivity contribution >= 4 is 5.69 Å². The Morgan fingerprint density at radius 2 is 2.36 bits per heavy atom. The molecule has 1 saturated carbocycles. The Labute approximate surface area is 84.5 Å². The molecule has 0 bridgehead atoms. The average Bonchev–Trinajstić information content (AvgIpc) is 3.01. The fourth-order valence-electron chi connectivity index (χ4n) is 1.48. The summed E-state index contributed by atoms with van der Waals surface area (Å²) in [5.74, 6) is 0.946. The summed E-state index contributed by atoms with van der Waals surface area (Å²) in [6, 6.07) is 1.93. The van der Waals surface area contributed by atoms with Crippen LogP contribution in [0, 0.1) is 0 Å². The number of hydrogen-bond donors (Lipinski definition) is 1. The number of pyridine rings is 1. The Kier molecular flexibility index (Phi) is 2.57. The van der Waals surface area contributed by atoms with Crippen molar-refractivity contribution in [2.75, 3.05) is 12.4 Å². The van der Waals surface area contributed by atoms with Gasteiger partial charge in [0.2, 0.25) is 0 Å². The zero-order valence-electron chi connectivity index (χ0n) is 8.71. The van der Waals surface area contributed by atoms with Gasteiger partial charge in [0.05, 0.1) is 17.5 Å². The summed E-state index contributed by atoms with van der Waals surface area (Å²) in [6.07, 6.45) is 5.56. The Balaban J connectivity index is 2.26. The lowest BCUT2D eigenvalue weighted by molar-refractivity contribution is 0.304. The number of nitrogens with one attached hydrogen (secondary N) is 1. The van der Waals surface area contributed by atoms with Crippen molar-refractivity contribution < 1.29 is 4.74 Å². The van der Waals surface area contributed by atoms with Crippen LogP contribution in [0.2, 0.25) is 0 Å². The molecule has 0 atom stereocenters. The zero-order valence-corrected chi connectivity index (χ0v) is 8.71. The largest absolute Gasteiger partial charge is 0.488 e. The van der Waals surface area contributed by atoms with Gasteiger partial charge in [0.25, 0.3) is 0 Å². The van der Waals surface area contributed by atoms with Crippen LogP contribution in [0.1, 0.15) is 25.5 Å². The second kappa shape index (κ2) is 3.86. The normalized spacial score (nSPS) is 15.3. The van der Waals surface area contributed by atoms with Gasteiger partial charge in [0.15, 0.2) is 0 Å². The zero-order chi connectivity index (χ0) is 9.97. The molecule has 1 fully saturated rings. The molecule has 1 heterocycles. The van der Waals surface area contributed by atoms with Crippen molar-refractivity contribution in [2.24, 2.45) is 0 Å². The molecule has 3 nitrogen and oxygen atoms in total. The maximum Gasteiger partial charge on any atom is 0.146 e. The molecule has 3 heteroatoms. The minimum absolute atomic E-state index is 0.439. The van der Waals surface area contributed by atoms with E-state index in [9.17, 15) is 0 Å². The summed E-state index contributed by atoms with van der Waals surface area (Å²) in [5, 5.41) is 3.16. The van der Waals surface area contributed by atoms with Gasteiger partial charge >= 0.3 is 0 Å². The van der Waals surface area contributed by atoms with Gasteiger partial charge in [0, 0.05) is 19.3 Å². The van der Waals surface area contributed by atoms with E-state index in [1.807, 2.05) is 19.3 Å². The van der Waals surface area contributed by atoms with Gasteiger partial charge < -0.3 is 10.1 Å². The predicted octanol–water partition coefficient (Wildman–Crippen LogP) is 2.23. The van der Waals surface area contributed by atoms with Crippen molar-refractivity contribution in [1.82, 2.24) is 4.98 Å². The number of ether oxygens (including phenoxy) is 1. The topological polar surface area (TPSA) is 34.1 Å². The van der Waals surface area contributed by atoms with Gasteiger partial charge in [-0.1, -0.05) is 6.92 Å². The Morgan fingerprint density at radius 3 is 2.93 bits per heavy atom. The summed E-state index contributed by atoms with van der Waals surface area (Å²) in [7, 11) is 1.91. The lowest BCUT2D eigenvalue weighted by Crippen LogP contribution is -2.04. The van der Waals surface area contributed by atoms with E-state index in [1.165, 1.54) is 12.8 Å². The van der Waals surface area contributed by atoms with Crippen molar-refractivity contribution in [3.63, 3.8) is 0 Å². The first kappa shape index (κ1) is 9.31. The maximum atomic E-state index is 5.79. The lowest BCUT2D eigenvalue weighted by Gasteiger charge is -2.12. The number of rotatable bonds is 4. The van der Waals surface area contributed by atoms with E-state index in [2.05, 4.69) is 17.2 Å². The standard InChI is InChI=1S/C11H16N2O/c1-3-9-11(12-2)10(6-7-13-9)14-8-4-5-8/h6-8,12H,3-5H2,1-2H3. The smallest absolute Gasteiger partial charge is 0.146 e. The van der Waals surface area contributed by atoms with Crippen LogP contribution in [0.3, 0.4) is 0 Å². The van der Waals surface area contributed by atoms with Gasteiger partial charge in [-0.25, -0.2) is 0 Å². The predicted molar refractivity (Wildman–Crippen MR) is 56.8 cm³/mol. The third-order valence-corrected chi connectivity index (χ3v) is 2.39. The first-order chi connectivity index (χ1) is 6.85. The molecular formula is C11H16N2O. The first-order valence-corrected chi connectivity index (χ1v) is 5.17. The van der Waals surface area contributed by atoms with Gasteiger partial charge in [-0.3, -0.25) is 4.98 Å². The van der Waals surface area contributed by atoms with Gasteiger partial charge in [0.1, 0.15) is 5.75 Å². The monoisotopic (exact) mass is 192 g/mol. The maximum absolute atomic E-state index is 5.79. The van der Waals surface area contributed by atoms with Gasteiger partial charge in [-0.05, 0) is 19.3 Å². The summed E-state index contributed by atoms with van der Waals surface area (Å²) in [4.78, 5) is 4.31. The fourth-order valence-corrected chi connectivity index (χ4v) is 1.48. The number of nitrogens with zero attached hydrogens (tertiary/aromatic N) is 1. The average molecular weight is 192 g/mol. The summed E-state index contributed by atoms with van der Waals surface area (Å²) < 4.78 is 5.79. The lowest BCUT2D eigenvalue weighted by atomic mass is 10.2. The van der Waals surface area contributed by atoms with E-state index < -0.39 is 0 Å². The van der Waals surface area contributed by atoms with E-state index in [-0.39, 0.29) is 0 Å². The van der Waals surface area contributed by atoms with Crippen molar-refractivity contribution in [3.8, 4) is 5.75 Å². The number of aromatic nitrogens is 1. The molecule has 14 heavy (non-hydrogen) atoms. The molecule has 0 radical (unpaired) electrons. The molecule has 0 unspecified atom stereocenters. The van der Waals surface area contributed by atoms with Crippen LogP contribution in [0.25, 0.3) is 0 Å². The molecule has 0 aliphatic heterocycles. The quantitative estimate of drug-likeness (QED) is 0.794. The minimum Gasteiger partial charge on any atom is -0.488 e. The second-order valence-corrected chi connectivity index (χ2v) is 3.55. The first-order valence-electron chi connectivity index (χ1n) is 5.17. The number of hydrogen-bond acceptors (Lipinski definition) is 3. The van der Waals surface area contributed by atoms with Crippen LogP contribution in [0.4, 0.5) is 5.69 Å². The molecule has 2 rings (SSSR count). The molecule has 76 valence electrons. The Hall–Kier alpha value is -1.25. The van der Waals surface area contributed by atoms with Crippen LogP contribution in [0.15, 0.2) is 12.3 Å². The van der Waals surface area contributed by atoms with Crippen molar-refractivity contribution in [2.45, 2.75) is 32.3 Å². The van der Waals surface area contributed by atoms with E-state index >= 15 is 0 Å². The molecule has 1 aliphatic rings. The highest BCUT2D eigenvalue weighted by Crippen LogP contribution is 2.33. The highest BCUT2D eigenvalue weighted by atomic mass is 16.5. The van der Waals surface area contributed by atoms with E-state index in [4.69, 9.17) is 4.74 Å². The van der Waals surface area contributed by atoms with Crippen LogP contribution < -0.4 is 10.1 Å². The van der Waals surface area contributed by atoms with Gasteiger partial charge in [-0.15, -0.1) is 0 Å². The second-order valence-electron chi connectivity index (χ2n) is 3.55. The molecule has 0 saturated heterocycles. The molecular weight excluding hydrogens is 176 g/mol. The van der Waals surface area contributed by atoms with Crippen LogP contribution in [0.5, 0.6) is 5.75 Å². The van der Waals surface area contributed by atoms with Gasteiger partial charge in [-0.2, -0.15) is 0 Å². The van der Waals surface area contributed by atoms with Crippen LogP contribution in [-0.2, 0) is 6.42 Å². The summed E-state index contributed by atoms with van der Waals surface area (Å²) in [5.41, 5.74) is 2.12. The molecule has 1 aliphatic carbocycles. The molecule has 1 aromatic heterocycles. The molecule has 1 aromatic rings. The number of anilines is 1. The van der Waals surface area contributed by atoms with Crippen LogP contribution >= 0.6 is 0 Å². The highest BCUT2D eigenvalue weighted by Gasteiger charge is 2.24. The highest BCUT2D eigenvalue weighted by molar-refractivity contribution is 5.59. The van der Waals surface area contributed by atoms with Crippen molar-refractivity contribution in [1.29, 1.82) is 0 Å². The Bertz CT molecular complexity index is 321. The molecule has 0 aromatic carbocycles. The Morgan fingerprint density at radius 1 is 1.57 bits per heavy atom. The SMILES string of the molecule is CCc1nccc(OC2CC2)c1NC. The third-order valence-electron chi connectivity index (χ3n) is 2.39. The third kappa shape index (κ3) is 1.81. The molecule has 1 N–H and O–H groups in total. The molecule has 0 amide bonds. The summed E-state index contributed by atoms with van der Waals surface area (Å²) >= 11 is 0. The van der Waals surface area contributed by atoms with Crippen molar-refractivity contribution in [3.05, 3.63) is 18.0 Å². The van der Waals surface area contributed by atoms with E-state index in [1.54, 1.807) is 0 Å². The van der Waals surface area contributed by atoms with Crippen LogP contribution in [-0.4, -0.2) is 18.1 Å².